The lowest BCUT2D eigenvalue weighted by Crippen LogP contribution is -2.57. The number of piperidine rings is 1. The highest BCUT2D eigenvalue weighted by atomic mass is 19.4. The molecule has 2 saturated heterocycles. The molecule has 2 atom stereocenters. The topological polar surface area (TPSA) is 63.5 Å². The van der Waals surface area contributed by atoms with Crippen molar-refractivity contribution in [2.24, 2.45) is 0 Å². The third kappa shape index (κ3) is 5.95. The van der Waals surface area contributed by atoms with Gasteiger partial charge in [-0.3, -0.25) is 14.4 Å². The number of carbonyl (C=O) groups excluding carboxylic acids is 1. The smallest absolute Gasteiger partial charge is 0.416 e. The van der Waals surface area contributed by atoms with Crippen molar-refractivity contribution < 1.29 is 22.7 Å². The second-order valence-electron chi connectivity index (χ2n) is 10.4. The molecule has 2 fully saturated rings. The van der Waals surface area contributed by atoms with Gasteiger partial charge in [-0.05, 0) is 80.1 Å². The molecule has 0 aliphatic carbocycles. The predicted octanol–water partition coefficient (Wildman–Crippen LogP) is 5.43. The Bertz CT molecular complexity index is 1280. The van der Waals surface area contributed by atoms with Crippen molar-refractivity contribution in [3.8, 4) is 5.75 Å². The normalized spacial score (nSPS) is 20.1. The second kappa shape index (κ2) is 11.4. The summed E-state index contributed by atoms with van der Waals surface area (Å²) >= 11 is 0. The van der Waals surface area contributed by atoms with Gasteiger partial charge < -0.3 is 9.64 Å². The Morgan fingerprint density at radius 3 is 2.56 bits per heavy atom. The third-order valence-corrected chi connectivity index (χ3v) is 8.09. The van der Waals surface area contributed by atoms with E-state index < -0.39 is 11.7 Å². The van der Waals surface area contributed by atoms with E-state index >= 15 is 0 Å². The number of amides is 1. The molecule has 2 aromatic carbocycles. The number of aryl methyl sites for hydroxylation is 1. The van der Waals surface area contributed by atoms with Crippen molar-refractivity contribution >= 4 is 5.91 Å². The Morgan fingerprint density at radius 2 is 1.85 bits per heavy atom. The summed E-state index contributed by atoms with van der Waals surface area (Å²) in [4.78, 5) is 17.4. The fraction of sp³-hybridized carbons (Fsp3) is 0.483. The molecular weight excluding hydrogens is 507 g/mol. The Morgan fingerprint density at radius 1 is 1.05 bits per heavy atom. The first-order chi connectivity index (χ1) is 18.7. The van der Waals surface area contributed by atoms with Crippen LogP contribution in [0.1, 0.15) is 64.3 Å². The van der Waals surface area contributed by atoms with E-state index in [-0.39, 0.29) is 18.0 Å². The fourth-order valence-electron chi connectivity index (χ4n) is 5.85. The molecule has 10 heteroatoms. The zero-order valence-electron chi connectivity index (χ0n) is 22.3. The minimum Gasteiger partial charge on any atom is -0.493 e. The number of hydrogen-bond acceptors (Lipinski definition) is 5. The van der Waals surface area contributed by atoms with Crippen LogP contribution in [0.25, 0.3) is 0 Å². The SMILES string of the molecule is Cc1c(OCCCn2ccnn2)ccc(C2CCCC3CN(C(=O)c4ccc(C(F)(F)F)cc4)CCN32)c1C. The van der Waals surface area contributed by atoms with Crippen LogP contribution < -0.4 is 4.74 Å². The summed E-state index contributed by atoms with van der Waals surface area (Å²) in [5, 5.41) is 7.80. The molecule has 1 aromatic heterocycles. The van der Waals surface area contributed by atoms with Gasteiger partial charge in [-0.2, -0.15) is 13.2 Å². The lowest BCUT2D eigenvalue weighted by atomic mass is 9.86. The van der Waals surface area contributed by atoms with Gasteiger partial charge in [0, 0.05) is 56.4 Å². The molecule has 3 heterocycles. The van der Waals surface area contributed by atoms with Gasteiger partial charge in [0.15, 0.2) is 0 Å². The van der Waals surface area contributed by atoms with E-state index in [2.05, 4.69) is 41.2 Å². The van der Waals surface area contributed by atoms with Crippen LogP contribution in [0.15, 0.2) is 48.8 Å². The number of fused-ring (bicyclic) bond motifs is 1. The third-order valence-electron chi connectivity index (χ3n) is 8.09. The maximum absolute atomic E-state index is 13.1. The number of rotatable bonds is 7. The van der Waals surface area contributed by atoms with Crippen molar-refractivity contribution in [2.75, 3.05) is 26.2 Å². The average molecular weight is 542 g/mol. The number of carbonyl (C=O) groups is 1. The summed E-state index contributed by atoms with van der Waals surface area (Å²) in [5.41, 5.74) is 3.24. The Hall–Kier alpha value is -3.40. The highest BCUT2D eigenvalue weighted by molar-refractivity contribution is 5.94. The molecule has 2 unspecified atom stereocenters. The van der Waals surface area contributed by atoms with Crippen molar-refractivity contribution in [1.29, 1.82) is 0 Å². The molecule has 0 spiro atoms. The largest absolute Gasteiger partial charge is 0.493 e. The van der Waals surface area contributed by atoms with E-state index in [0.717, 1.165) is 62.2 Å². The lowest BCUT2D eigenvalue weighted by Gasteiger charge is -2.49. The summed E-state index contributed by atoms with van der Waals surface area (Å²) in [6, 6.07) is 9.28. The number of aromatic nitrogens is 3. The molecule has 0 N–H and O–H groups in total. The molecule has 0 bridgehead atoms. The molecular formula is C29H34F3N5O2. The van der Waals surface area contributed by atoms with Gasteiger partial charge in [-0.15, -0.1) is 5.10 Å². The van der Waals surface area contributed by atoms with Crippen LogP contribution in [0.3, 0.4) is 0 Å². The lowest BCUT2D eigenvalue weighted by molar-refractivity contribution is -0.137. The van der Waals surface area contributed by atoms with Gasteiger partial charge in [0.2, 0.25) is 0 Å². The standard InChI is InChI=1S/C29H34F3N5O2/c1-20-21(2)27(39-18-4-14-36-15-13-33-34-36)12-11-25(20)26-6-3-5-24-19-35(16-17-37(24)26)28(38)22-7-9-23(10-8-22)29(30,31)32/h7-13,15,24,26H,3-6,14,16-19H2,1-2H3. The van der Waals surface area contributed by atoms with E-state index in [0.29, 0.717) is 25.3 Å². The number of nitrogens with zero attached hydrogens (tertiary/aromatic N) is 5. The molecule has 0 radical (unpaired) electrons. The molecule has 2 aliphatic heterocycles. The quantitative estimate of drug-likeness (QED) is 0.373. The van der Waals surface area contributed by atoms with Crippen molar-refractivity contribution in [1.82, 2.24) is 24.8 Å². The highest BCUT2D eigenvalue weighted by Crippen LogP contribution is 2.40. The zero-order valence-corrected chi connectivity index (χ0v) is 22.3. The average Bonchev–Trinajstić information content (AvgIpc) is 3.46. The molecule has 2 aliphatic rings. The summed E-state index contributed by atoms with van der Waals surface area (Å²) in [6.07, 6.45) is 3.05. The van der Waals surface area contributed by atoms with Crippen LogP contribution >= 0.6 is 0 Å². The zero-order chi connectivity index (χ0) is 27.6. The number of piperazine rings is 1. The van der Waals surface area contributed by atoms with Crippen LogP contribution in [-0.2, 0) is 12.7 Å². The van der Waals surface area contributed by atoms with Gasteiger partial charge in [0.05, 0.1) is 18.4 Å². The van der Waals surface area contributed by atoms with Crippen molar-refractivity contribution in [3.63, 3.8) is 0 Å². The van der Waals surface area contributed by atoms with Crippen LogP contribution in [0, 0.1) is 13.8 Å². The first-order valence-corrected chi connectivity index (χ1v) is 13.5. The number of hydrogen-bond donors (Lipinski definition) is 0. The van der Waals surface area contributed by atoms with Gasteiger partial charge in [-0.1, -0.05) is 11.3 Å². The van der Waals surface area contributed by atoms with E-state index in [4.69, 9.17) is 4.74 Å². The van der Waals surface area contributed by atoms with E-state index in [1.165, 1.54) is 23.3 Å². The molecule has 0 saturated carbocycles. The first-order valence-electron chi connectivity index (χ1n) is 13.5. The monoisotopic (exact) mass is 541 g/mol. The summed E-state index contributed by atoms with van der Waals surface area (Å²) in [5.74, 6) is 0.692. The molecule has 5 rings (SSSR count). The fourth-order valence-corrected chi connectivity index (χ4v) is 5.85. The second-order valence-corrected chi connectivity index (χ2v) is 10.4. The van der Waals surface area contributed by atoms with E-state index in [1.807, 2.05) is 6.20 Å². The molecule has 1 amide bonds. The number of alkyl halides is 3. The highest BCUT2D eigenvalue weighted by Gasteiger charge is 2.38. The number of benzene rings is 2. The molecule has 39 heavy (non-hydrogen) atoms. The van der Waals surface area contributed by atoms with Crippen LogP contribution in [0.2, 0.25) is 0 Å². The maximum atomic E-state index is 13.1. The first kappa shape index (κ1) is 27.2. The molecule has 208 valence electrons. The Kier molecular flexibility index (Phi) is 7.93. The van der Waals surface area contributed by atoms with Gasteiger partial charge in [0.1, 0.15) is 5.75 Å². The summed E-state index contributed by atoms with van der Waals surface area (Å²) in [6.45, 7) is 7.49. The van der Waals surface area contributed by atoms with Gasteiger partial charge in [0.25, 0.3) is 5.91 Å². The summed E-state index contributed by atoms with van der Waals surface area (Å²) < 4.78 is 46.6. The minimum absolute atomic E-state index is 0.206. The van der Waals surface area contributed by atoms with Crippen LogP contribution in [0.5, 0.6) is 5.75 Å². The van der Waals surface area contributed by atoms with Crippen molar-refractivity contribution in [3.05, 3.63) is 76.6 Å². The van der Waals surface area contributed by atoms with Gasteiger partial charge in [-0.25, -0.2) is 0 Å². The van der Waals surface area contributed by atoms with Crippen LogP contribution in [0.4, 0.5) is 13.2 Å². The number of ether oxygens (including phenoxy) is 1. The summed E-state index contributed by atoms with van der Waals surface area (Å²) in [7, 11) is 0. The van der Waals surface area contributed by atoms with Gasteiger partial charge >= 0.3 is 6.18 Å². The number of halogens is 3. The van der Waals surface area contributed by atoms with Crippen molar-refractivity contribution in [2.45, 2.75) is 64.3 Å². The molecule has 7 nitrogen and oxygen atoms in total. The Labute approximate surface area is 226 Å². The Balaban J connectivity index is 1.22. The van der Waals surface area contributed by atoms with Crippen LogP contribution in [-0.4, -0.2) is 63.0 Å². The maximum Gasteiger partial charge on any atom is 0.416 e. The minimum atomic E-state index is -4.41. The van der Waals surface area contributed by atoms with E-state index in [9.17, 15) is 18.0 Å². The van der Waals surface area contributed by atoms with E-state index in [1.54, 1.807) is 15.8 Å². The molecule has 3 aromatic rings. The predicted molar refractivity (Wildman–Crippen MR) is 140 cm³/mol.